The van der Waals surface area contributed by atoms with Gasteiger partial charge in [-0.3, -0.25) is 10.00 Å². The Morgan fingerprint density at radius 1 is 1.37 bits per heavy atom. The number of ether oxygens (including phenoxy) is 1. The molecule has 0 aliphatic rings. The van der Waals surface area contributed by atoms with Crippen LogP contribution in [0.15, 0.2) is 36.5 Å². The molecular formula is C13H16N4O2. The van der Waals surface area contributed by atoms with E-state index in [4.69, 9.17) is 4.74 Å². The molecular weight excluding hydrogens is 244 g/mol. The lowest BCUT2D eigenvalue weighted by Crippen LogP contribution is -2.21. The normalized spacial score (nSPS) is 10.0. The Hall–Kier alpha value is -2.50. The van der Waals surface area contributed by atoms with Gasteiger partial charge < -0.3 is 10.1 Å². The maximum absolute atomic E-state index is 11.8. The molecule has 0 atom stereocenters. The summed E-state index contributed by atoms with van der Waals surface area (Å²) in [5.74, 6) is 1.35. The third kappa shape index (κ3) is 3.48. The first-order valence-corrected chi connectivity index (χ1v) is 5.98. The Labute approximate surface area is 111 Å². The van der Waals surface area contributed by atoms with Crippen LogP contribution in [0, 0.1) is 0 Å². The first-order chi connectivity index (χ1) is 9.19. The average Bonchev–Trinajstić information content (AvgIpc) is 2.76. The molecule has 1 heterocycles. The van der Waals surface area contributed by atoms with Gasteiger partial charge in [0, 0.05) is 24.9 Å². The van der Waals surface area contributed by atoms with Crippen LogP contribution < -0.4 is 15.4 Å². The summed E-state index contributed by atoms with van der Waals surface area (Å²) in [4.78, 5) is 11.8. The summed E-state index contributed by atoms with van der Waals surface area (Å²) in [7, 11) is 1.76. The van der Waals surface area contributed by atoms with E-state index in [0.29, 0.717) is 18.1 Å². The van der Waals surface area contributed by atoms with Gasteiger partial charge in [-0.2, -0.15) is 5.10 Å². The SMILES string of the molecule is CCOc1cccc(NC(=O)Nc2ccnn2C)c1. The Morgan fingerprint density at radius 2 is 2.21 bits per heavy atom. The predicted molar refractivity (Wildman–Crippen MR) is 73.5 cm³/mol. The minimum absolute atomic E-state index is 0.322. The standard InChI is InChI=1S/C13H16N4O2/c1-3-19-11-6-4-5-10(9-11)15-13(18)16-12-7-8-14-17(12)2/h4-9H,3H2,1-2H3,(H2,15,16,18). The molecule has 0 saturated heterocycles. The maximum Gasteiger partial charge on any atom is 0.324 e. The topological polar surface area (TPSA) is 68.2 Å². The number of aromatic nitrogens is 2. The molecule has 0 fully saturated rings. The molecule has 6 heteroatoms. The quantitative estimate of drug-likeness (QED) is 0.887. The number of urea groups is 1. The summed E-state index contributed by atoms with van der Waals surface area (Å²) in [5.41, 5.74) is 0.672. The number of hydrogen-bond donors (Lipinski definition) is 2. The van der Waals surface area contributed by atoms with Crippen LogP contribution in [-0.4, -0.2) is 22.4 Å². The molecule has 2 N–H and O–H groups in total. The van der Waals surface area contributed by atoms with Gasteiger partial charge in [-0.05, 0) is 19.1 Å². The molecule has 0 bridgehead atoms. The Kier molecular flexibility index (Phi) is 4.02. The molecule has 19 heavy (non-hydrogen) atoms. The number of nitrogens with one attached hydrogen (secondary N) is 2. The molecule has 0 aliphatic carbocycles. The summed E-state index contributed by atoms with van der Waals surface area (Å²) in [6.45, 7) is 2.50. The van der Waals surface area contributed by atoms with E-state index in [1.807, 2.05) is 19.1 Å². The van der Waals surface area contributed by atoms with Crippen molar-refractivity contribution in [1.29, 1.82) is 0 Å². The first-order valence-electron chi connectivity index (χ1n) is 5.98. The van der Waals surface area contributed by atoms with Gasteiger partial charge in [-0.25, -0.2) is 4.79 Å². The minimum Gasteiger partial charge on any atom is -0.494 e. The first kappa shape index (κ1) is 12.9. The van der Waals surface area contributed by atoms with Crippen molar-refractivity contribution in [3.63, 3.8) is 0 Å². The molecule has 0 aliphatic heterocycles. The molecule has 0 saturated carbocycles. The molecule has 2 rings (SSSR count). The van der Waals surface area contributed by atoms with Gasteiger partial charge in [0.25, 0.3) is 0 Å². The number of anilines is 2. The molecule has 0 spiro atoms. The fraction of sp³-hybridized carbons (Fsp3) is 0.231. The van der Waals surface area contributed by atoms with Crippen molar-refractivity contribution in [3.05, 3.63) is 36.5 Å². The van der Waals surface area contributed by atoms with E-state index >= 15 is 0 Å². The van der Waals surface area contributed by atoms with Gasteiger partial charge in [0.1, 0.15) is 11.6 Å². The van der Waals surface area contributed by atoms with Gasteiger partial charge in [0.15, 0.2) is 0 Å². The van der Waals surface area contributed by atoms with Gasteiger partial charge in [0.2, 0.25) is 0 Å². The molecule has 1 aromatic heterocycles. The van der Waals surface area contributed by atoms with Crippen LogP contribution in [0.25, 0.3) is 0 Å². The van der Waals surface area contributed by atoms with E-state index in [1.165, 1.54) is 0 Å². The number of rotatable bonds is 4. The number of carbonyl (C=O) groups is 1. The summed E-state index contributed by atoms with van der Waals surface area (Å²) in [5, 5.41) is 9.40. The van der Waals surface area contributed by atoms with Gasteiger partial charge in [-0.1, -0.05) is 6.07 Å². The van der Waals surface area contributed by atoms with Crippen LogP contribution in [0.2, 0.25) is 0 Å². The highest BCUT2D eigenvalue weighted by atomic mass is 16.5. The zero-order valence-electron chi connectivity index (χ0n) is 10.9. The largest absolute Gasteiger partial charge is 0.494 e. The number of carbonyl (C=O) groups excluding carboxylic acids is 1. The minimum atomic E-state index is -0.322. The number of benzene rings is 1. The van der Waals surface area contributed by atoms with E-state index in [2.05, 4.69) is 15.7 Å². The highest BCUT2D eigenvalue weighted by Crippen LogP contribution is 2.17. The van der Waals surface area contributed by atoms with E-state index in [0.717, 1.165) is 5.75 Å². The molecule has 2 amide bonds. The molecule has 100 valence electrons. The van der Waals surface area contributed by atoms with E-state index in [-0.39, 0.29) is 6.03 Å². The van der Waals surface area contributed by atoms with Crippen molar-refractivity contribution >= 4 is 17.5 Å². The van der Waals surface area contributed by atoms with Gasteiger partial charge in [0.05, 0.1) is 12.8 Å². The second-order valence-corrected chi connectivity index (χ2v) is 3.88. The van der Waals surface area contributed by atoms with Crippen molar-refractivity contribution in [2.45, 2.75) is 6.92 Å². The third-order valence-electron chi connectivity index (χ3n) is 2.47. The smallest absolute Gasteiger partial charge is 0.324 e. The Morgan fingerprint density at radius 3 is 2.89 bits per heavy atom. The lowest BCUT2D eigenvalue weighted by molar-refractivity contribution is 0.262. The number of nitrogens with zero attached hydrogens (tertiary/aromatic N) is 2. The second-order valence-electron chi connectivity index (χ2n) is 3.88. The Balaban J connectivity index is 1.99. The zero-order valence-corrected chi connectivity index (χ0v) is 10.9. The average molecular weight is 260 g/mol. The lowest BCUT2D eigenvalue weighted by Gasteiger charge is -2.09. The van der Waals surface area contributed by atoms with Gasteiger partial charge in [-0.15, -0.1) is 0 Å². The van der Waals surface area contributed by atoms with Crippen molar-refractivity contribution in [1.82, 2.24) is 9.78 Å². The van der Waals surface area contributed by atoms with Crippen LogP contribution in [0.1, 0.15) is 6.92 Å². The van der Waals surface area contributed by atoms with E-state index in [9.17, 15) is 4.79 Å². The van der Waals surface area contributed by atoms with E-state index < -0.39 is 0 Å². The van der Waals surface area contributed by atoms with Gasteiger partial charge >= 0.3 is 6.03 Å². The van der Waals surface area contributed by atoms with Crippen LogP contribution in [0.5, 0.6) is 5.75 Å². The van der Waals surface area contributed by atoms with Crippen molar-refractivity contribution in [2.24, 2.45) is 7.05 Å². The molecule has 0 radical (unpaired) electrons. The monoisotopic (exact) mass is 260 g/mol. The molecule has 0 unspecified atom stereocenters. The third-order valence-corrected chi connectivity index (χ3v) is 2.47. The Bertz CT molecular complexity index is 565. The highest BCUT2D eigenvalue weighted by Gasteiger charge is 2.05. The summed E-state index contributed by atoms with van der Waals surface area (Å²) >= 11 is 0. The molecule has 2 aromatic rings. The van der Waals surface area contributed by atoms with Crippen molar-refractivity contribution < 1.29 is 9.53 Å². The summed E-state index contributed by atoms with van der Waals surface area (Å²) in [6, 6.07) is 8.63. The maximum atomic E-state index is 11.8. The van der Waals surface area contributed by atoms with Crippen molar-refractivity contribution in [2.75, 3.05) is 17.2 Å². The molecule has 1 aromatic carbocycles. The molecule has 6 nitrogen and oxygen atoms in total. The van der Waals surface area contributed by atoms with E-state index in [1.54, 1.807) is 36.1 Å². The number of aryl methyl sites for hydroxylation is 1. The predicted octanol–water partition coefficient (Wildman–Crippen LogP) is 2.46. The summed E-state index contributed by atoms with van der Waals surface area (Å²) < 4.78 is 6.95. The second kappa shape index (κ2) is 5.90. The summed E-state index contributed by atoms with van der Waals surface area (Å²) in [6.07, 6.45) is 1.62. The number of hydrogen-bond acceptors (Lipinski definition) is 3. The fourth-order valence-electron chi connectivity index (χ4n) is 1.61. The lowest BCUT2D eigenvalue weighted by atomic mass is 10.3. The zero-order chi connectivity index (χ0) is 13.7. The van der Waals surface area contributed by atoms with Crippen LogP contribution in [0.4, 0.5) is 16.3 Å². The van der Waals surface area contributed by atoms with Crippen molar-refractivity contribution in [3.8, 4) is 5.75 Å². The highest BCUT2D eigenvalue weighted by molar-refractivity contribution is 5.99. The van der Waals surface area contributed by atoms with Crippen LogP contribution >= 0.6 is 0 Å². The number of amides is 2. The van der Waals surface area contributed by atoms with Crippen LogP contribution in [-0.2, 0) is 7.05 Å². The van der Waals surface area contributed by atoms with Crippen LogP contribution in [0.3, 0.4) is 0 Å². The fourth-order valence-corrected chi connectivity index (χ4v) is 1.61.